The first-order chi connectivity index (χ1) is 9.20. The molecule has 1 aromatic heterocycles. The fraction of sp³-hybridized carbons (Fsp3) is 0.375. The number of hydrogen-bond acceptors (Lipinski definition) is 2. The van der Waals surface area contributed by atoms with Gasteiger partial charge in [0.2, 0.25) is 0 Å². The van der Waals surface area contributed by atoms with E-state index in [-0.39, 0.29) is 0 Å². The first kappa shape index (κ1) is 15.0. The Balaban J connectivity index is 2.14. The molecular formula is C16H20INS. The number of benzene rings is 1. The molecule has 1 atom stereocenters. The van der Waals surface area contributed by atoms with Crippen LogP contribution < -0.4 is 5.32 Å². The average Bonchev–Trinajstić information content (AvgIpc) is 2.83. The van der Waals surface area contributed by atoms with E-state index in [9.17, 15) is 0 Å². The van der Waals surface area contributed by atoms with E-state index in [0.29, 0.717) is 6.04 Å². The standard InChI is InChI=1S/C16H20INS/c1-3-8-18-16(15-11-19-10-12(15)2)9-13-4-6-14(17)7-5-13/h4-7,10-11,16,18H,3,8-9H2,1-2H3. The predicted octanol–water partition coefficient (Wildman–Crippen LogP) is 4.94. The summed E-state index contributed by atoms with van der Waals surface area (Å²) >= 11 is 4.15. The molecule has 1 nitrogen and oxygen atoms in total. The number of nitrogens with one attached hydrogen (secondary N) is 1. The van der Waals surface area contributed by atoms with E-state index in [0.717, 1.165) is 13.0 Å². The molecule has 0 radical (unpaired) electrons. The predicted molar refractivity (Wildman–Crippen MR) is 93.0 cm³/mol. The Morgan fingerprint density at radius 1 is 1.21 bits per heavy atom. The summed E-state index contributed by atoms with van der Waals surface area (Å²) in [7, 11) is 0. The minimum atomic E-state index is 0.436. The second-order valence-corrected chi connectivity index (χ2v) is 6.84. The second-order valence-electron chi connectivity index (χ2n) is 4.85. The molecule has 0 amide bonds. The van der Waals surface area contributed by atoms with E-state index in [1.165, 1.54) is 26.7 Å². The van der Waals surface area contributed by atoms with Gasteiger partial charge in [-0.3, -0.25) is 0 Å². The summed E-state index contributed by atoms with van der Waals surface area (Å²) in [5, 5.41) is 8.21. The molecule has 19 heavy (non-hydrogen) atoms. The molecule has 102 valence electrons. The van der Waals surface area contributed by atoms with Gasteiger partial charge in [-0.25, -0.2) is 0 Å². The monoisotopic (exact) mass is 385 g/mol. The van der Waals surface area contributed by atoms with Crippen LogP contribution in [0.5, 0.6) is 0 Å². The van der Waals surface area contributed by atoms with E-state index in [1.807, 2.05) is 0 Å². The molecule has 0 bridgehead atoms. The van der Waals surface area contributed by atoms with Gasteiger partial charge in [-0.05, 0) is 88.5 Å². The second kappa shape index (κ2) is 7.41. The molecule has 0 aliphatic heterocycles. The van der Waals surface area contributed by atoms with Crippen LogP contribution in [0.3, 0.4) is 0 Å². The van der Waals surface area contributed by atoms with Crippen molar-refractivity contribution >= 4 is 33.9 Å². The Morgan fingerprint density at radius 2 is 1.95 bits per heavy atom. The highest BCUT2D eigenvalue weighted by molar-refractivity contribution is 14.1. The van der Waals surface area contributed by atoms with Gasteiger partial charge in [-0.2, -0.15) is 11.3 Å². The molecule has 1 aromatic carbocycles. The fourth-order valence-electron chi connectivity index (χ4n) is 2.19. The van der Waals surface area contributed by atoms with Crippen molar-refractivity contribution in [3.63, 3.8) is 0 Å². The summed E-state index contributed by atoms with van der Waals surface area (Å²) in [5.74, 6) is 0. The highest BCUT2D eigenvalue weighted by atomic mass is 127. The number of thiophene rings is 1. The van der Waals surface area contributed by atoms with Crippen LogP contribution in [0, 0.1) is 10.5 Å². The van der Waals surface area contributed by atoms with E-state index >= 15 is 0 Å². The van der Waals surface area contributed by atoms with E-state index in [2.05, 4.69) is 76.8 Å². The summed E-state index contributed by atoms with van der Waals surface area (Å²) < 4.78 is 1.30. The largest absolute Gasteiger partial charge is 0.310 e. The van der Waals surface area contributed by atoms with Gasteiger partial charge in [-0.15, -0.1) is 0 Å². The maximum atomic E-state index is 3.68. The molecule has 0 aliphatic rings. The Bertz CT molecular complexity index is 504. The Hall–Kier alpha value is -0.390. The zero-order valence-corrected chi connectivity index (χ0v) is 14.4. The van der Waals surface area contributed by atoms with Crippen LogP contribution in [0.25, 0.3) is 0 Å². The zero-order chi connectivity index (χ0) is 13.7. The lowest BCUT2D eigenvalue weighted by atomic mass is 9.98. The number of hydrogen-bond donors (Lipinski definition) is 1. The Morgan fingerprint density at radius 3 is 2.53 bits per heavy atom. The van der Waals surface area contributed by atoms with Gasteiger partial charge in [0, 0.05) is 9.61 Å². The molecule has 0 saturated heterocycles. The number of halogens is 1. The maximum absolute atomic E-state index is 3.68. The zero-order valence-electron chi connectivity index (χ0n) is 11.4. The van der Waals surface area contributed by atoms with Crippen molar-refractivity contribution in [3.05, 3.63) is 55.3 Å². The molecule has 1 heterocycles. The Labute approximate surface area is 133 Å². The molecule has 0 saturated carbocycles. The summed E-state index contributed by atoms with van der Waals surface area (Å²) in [6.45, 7) is 5.50. The fourth-order valence-corrected chi connectivity index (χ4v) is 3.46. The number of aryl methyl sites for hydroxylation is 1. The van der Waals surface area contributed by atoms with Crippen LogP contribution in [-0.2, 0) is 6.42 Å². The highest BCUT2D eigenvalue weighted by Gasteiger charge is 2.14. The van der Waals surface area contributed by atoms with Crippen molar-refractivity contribution in [1.29, 1.82) is 0 Å². The van der Waals surface area contributed by atoms with Crippen molar-refractivity contribution in [2.75, 3.05) is 6.54 Å². The summed E-state index contributed by atoms with van der Waals surface area (Å²) in [5.41, 5.74) is 4.26. The van der Waals surface area contributed by atoms with Gasteiger partial charge in [0.1, 0.15) is 0 Å². The van der Waals surface area contributed by atoms with Gasteiger partial charge in [0.25, 0.3) is 0 Å². The van der Waals surface area contributed by atoms with Crippen LogP contribution >= 0.6 is 33.9 Å². The summed E-state index contributed by atoms with van der Waals surface area (Å²) in [6.07, 6.45) is 2.24. The SMILES string of the molecule is CCCNC(Cc1ccc(I)cc1)c1cscc1C. The third-order valence-electron chi connectivity index (χ3n) is 3.26. The van der Waals surface area contributed by atoms with Gasteiger partial charge in [0.15, 0.2) is 0 Å². The molecule has 2 rings (SSSR count). The topological polar surface area (TPSA) is 12.0 Å². The van der Waals surface area contributed by atoms with E-state index in [4.69, 9.17) is 0 Å². The van der Waals surface area contributed by atoms with Crippen molar-refractivity contribution in [1.82, 2.24) is 5.32 Å². The average molecular weight is 385 g/mol. The summed E-state index contributed by atoms with van der Waals surface area (Å²) in [6, 6.07) is 9.29. The van der Waals surface area contributed by atoms with Crippen LogP contribution in [0.1, 0.15) is 36.1 Å². The molecular weight excluding hydrogens is 365 g/mol. The van der Waals surface area contributed by atoms with Crippen molar-refractivity contribution < 1.29 is 0 Å². The third-order valence-corrected chi connectivity index (χ3v) is 4.86. The van der Waals surface area contributed by atoms with Crippen molar-refractivity contribution in [2.45, 2.75) is 32.7 Å². The van der Waals surface area contributed by atoms with Gasteiger partial charge in [-0.1, -0.05) is 19.1 Å². The maximum Gasteiger partial charge on any atom is 0.0371 e. The van der Waals surface area contributed by atoms with Gasteiger partial charge < -0.3 is 5.32 Å². The molecule has 2 aromatic rings. The quantitative estimate of drug-likeness (QED) is 0.695. The molecule has 3 heteroatoms. The lowest BCUT2D eigenvalue weighted by molar-refractivity contribution is 0.528. The lowest BCUT2D eigenvalue weighted by Crippen LogP contribution is -2.24. The van der Waals surface area contributed by atoms with Crippen LogP contribution in [0.4, 0.5) is 0 Å². The van der Waals surface area contributed by atoms with Crippen LogP contribution in [0.15, 0.2) is 35.0 Å². The van der Waals surface area contributed by atoms with Crippen LogP contribution in [0.2, 0.25) is 0 Å². The highest BCUT2D eigenvalue weighted by Crippen LogP contribution is 2.25. The molecule has 0 spiro atoms. The lowest BCUT2D eigenvalue weighted by Gasteiger charge is -2.19. The molecule has 1 N–H and O–H groups in total. The van der Waals surface area contributed by atoms with Gasteiger partial charge in [0.05, 0.1) is 0 Å². The van der Waals surface area contributed by atoms with E-state index < -0.39 is 0 Å². The smallest absolute Gasteiger partial charge is 0.0371 e. The Kier molecular flexibility index (Phi) is 5.85. The number of rotatable bonds is 6. The van der Waals surface area contributed by atoms with Crippen molar-refractivity contribution in [3.8, 4) is 0 Å². The normalized spacial score (nSPS) is 12.6. The minimum absolute atomic E-state index is 0.436. The summed E-state index contributed by atoms with van der Waals surface area (Å²) in [4.78, 5) is 0. The molecule has 0 fully saturated rings. The first-order valence-electron chi connectivity index (χ1n) is 6.71. The first-order valence-corrected chi connectivity index (χ1v) is 8.73. The minimum Gasteiger partial charge on any atom is -0.310 e. The van der Waals surface area contributed by atoms with Gasteiger partial charge >= 0.3 is 0 Å². The molecule has 0 aliphatic carbocycles. The van der Waals surface area contributed by atoms with Crippen LogP contribution in [-0.4, -0.2) is 6.54 Å². The van der Waals surface area contributed by atoms with E-state index in [1.54, 1.807) is 11.3 Å². The molecule has 1 unspecified atom stereocenters. The third kappa shape index (κ3) is 4.29. The van der Waals surface area contributed by atoms with Crippen molar-refractivity contribution in [2.24, 2.45) is 0 Å².